The van der Waals surface area contributed by atoms with Crippen molar-refractivity contribution in [3.63, 3.8) is 0 Å². The second kappa shape index (κ2) is 12.2. The molecule has 3 heteroatoms. The van der Waals surface area contributed by atoms with Crippen molar-refractivity contribution in [2.24, 2.45) is 7.05 Å². The van der Waals surface area contributed by atoms with Crippen molar-refractivity contribution in [1.82, 2.24) is 9.55 Å². The van der Waals surface area contributed by atoms with Gasteiger partial charge in [0.25, 0.3) is 0 Å². The van der Waals surface area contributed by atoms with E-state index >= 15 is 0 Å². The van der Waals surface area contributed by atoms with E-state index in [1.807, 2.05) is 42.9 Å². The summed E-state index contributed by atoms with van der Waals surface area (Å²) in [5.74, 6) is 0.951. The summed E-state index contributed by atoms with van der Waals surface area (Å²) in [7, 11) is 1.92. The predicted octanol–water partition coefficient (Wildman–Crippen LogP) is 5.65. The fraction of sp³-hybridized carbons (Fsp3) is 0.381. The number of nitrogens with zero attached hydrogens (tertiary/aromatic N) is 2. The lowest BCUT2D eigenvalue weighted by Crippen LogP contribution is -1.98. The molecule has 1 heterocycles. The molecule has 0 saturated carbocycles. The Morgan fingerprint density at radius 3 is 2.12 bits per heavy atom. The number of hydrogen-bond donors (Lipinski definition) is 1. The van der Waals surface area contributed by atoms with Crippen molar-refractivity contribution in [3.8, 4) is 0 Å². The minimum atomic E-state index is 0.369. The van der Waals surface area contributed by atoms with Crippen LogP contribution in [-0.2, 0) is 7.05 Å². The molecule has 0 saturated heterocycles. The summed E-state index contributed by atoms with van der Waals surface area (Å²) in [5, 5.41) is 0. The number of allylic oxidation sites excluding steroid dienone is 3. The lowest BCUT2D eigenvalue weighted by molar-refractivity contribution is 0.808. The highest BCUT2D eigenvalue weighted by Gasteiger charge is 2.13. The van der Waals surface area contributed by atoms with Gasteiger partial charge in [0.05, 0.1) is 5.69 Å². The van der Waals surface area contributed by atoms with Crippen molar-refractivity contribution in [1.29, 1.82) is 0 Å². The van der Waals surface area contributed by atoms with Crippen LogP contribution in [0.25, 0.3) is 0 Å². The number of nitrogens with two attached hydrogens (primary N) is 1. The van der Waals surface area contributed by atoms with Gasteiger partial charge in [0, 0.05) is 19.2 Å². The number of benzene rings is 1. The summed E-state index contributed by atoms with van der Waals surface area (Å²) in [5.41, 5.74) is 9.48. The van der Waals surface area contributed by atoms with Crippen LogP contribution in [0, 0.1) is 6.92 Å². The van der Waals surface area contributed by atoms with Crippen LogP contribution < -0.4 is 5.73 Å². The standard InChI is InChI=1S/C11H19N3.C7H8.C3H6/c1-5-9(6-2)8(3)10-7-14(4)11(12)13-10;1-7-5-3-2-4-6-7;1-3-2/h5,7-8H,6H2,1-4H3,(H2,12,13);2-6H,1H3;3H,1H2,2H3/b9-5+;;. The molecule has 2 aromatic rings. The van der Waals surface area contributed by atoms with Gasteiger partial charge in [0.2, 0.25) is 0 Å². The first-order chi connectivity index (χ1) is 11.4. The molecule has 1 aromatic carbocycles. The van der Waals surface area contributed by atoms with Gasteiger partial charge in [-0.05, 0) is 27.2 Å². The molecular formula is C21H33N3. The number of anilines is 1. The molecule has 0 amide bonds. The van der Waals surface area contributed by atoms with E-state index in [-0.39, 0.29) is 0 Å². The van der Waals surface area contributed by atoms with E-state index in [0.717, 1.165) is 12.1 Å². The molecule has 1 aromatic heterocycles. The summed E-state index contributed by atoms with van der Waals surface area (Å²) in [6.45, 7) is 13.7. The normalized spacial score (nSPS) is 11.5. The van der Waals surface area contributed by atoms with Crippen LogP contribution in [0.1, 0.15) is 51.3 Å². The molecule has 2 N–H and O–H groups in total. The highest BCUT2D eigenvalue weighted by molar-refractivity contribution is 5.28. The monoisotopic (exact) mass is 327 g/mol. The first-order valence-corrected chi connectivity index (χ1v) is 8.43. The van der Waals surface area contributed by atoms with Crippen LogP contribution in [0.2, 0.25) is 0 Å². The largest absolute Gasteiger partial charge is 0.369 e. The van der Waals surface area contributed by atoms with E-state index in [4.69, 9.17) is 5.73 Å². The smallest absolute Gasteiger partial charge is 0.200 e. The Labute approximate surface area is 147 Å². The topological polar surface area (TPSA) is 43.8 Å². The van der Waals surface area contributed by atoms with E-state index in [0.29, 0.717) is 11.9 Å². The molecule has 0 aliphatic heterocycles. The Morgan fingerprint density at radius 2 is 1.83 bits per heavy atom. The maximum Gasteiger partial charge on any atom is 0.200 e. The zero-order valence-corrected chi connectivity index (χ0v) is 16.1. The van der Waals surface area contributed by atoms with Crippen molar-refractivity contribution >= 4 is 5.95 Å². The lowest BCUT2D eigenvalue weighted by Gasteiger charge is -2.10. The fourth-order valence-electron chi connectivity index (χ4n) is 2.20. The summed E-state index contributed by atoms with van der Waals surface area (Å²) in [6.07, 6.45) is 6.98. The number of imidazole rings is 1. The summed E-state index contributed by atoms with van der Waals surface area (Å²) in [6, 6.07) is 10.3. The third kappa shape index (κ3) is 7.82. The van der Waals surface area contributed by atoms with Gasteiger partial charge in [-0.15, -0.1) is 6.58 Å². The second-order valence-electron chi connectivity index (χ2n) is 5.64. The molecule has 1 atom stereocenters. The summed E-state index contributed by atoms with van der Waals surface area (Å²) in [4.78, 5) is 4.33. The van der Waals surface area contributed by atoms with Gasteiger partial charge in [-0.3, -0.25) is 0 Å². The molecule has 0 fully saturated rings. The predicted molar refractivity (Wildman–Crippen MR) is 107 cm³/mol. The van der Waals surface area contributed by atoms with E-state index in [9.17, 15) is 0 Å². The molecule has 0 bridgehead atoms. The van der Waals surface area contributed by atoms with Crippen molar-refractivity contribution in [3.05, 3.63) is 72.1 Å². The lowest BCUT2D eigenvalue weighted by atomic mass is 9.96. The molecule has 2 rings (SSSR count). The third-order valence-electron chi connectivity index (χ3n) is 3.65. The minimum Gasteiger partial charge on any atom is -0.369 e. The number of aromatic nitrogens is 2. The number of aryl methyl sites for hydroxylation is 2. The van der Waals surface area contributed by atoms with Crippen molar-refractivity contribution in [2.45, 2.75) is 47.0 Å². The zero-order chi connectivity index (χ0) is 18.5. The molecule has 1 unspecified atom stereocenters. The maximum absolute atomic E-state index is 5.69. The SMILES string of the molecule is C/C=C(\CC)C(C)c1cn(C)c(N)n1.C=CC.Cc1ccccc1. The molecule has 0 radical (unpaired) electrons. The Balaban J connectivity index is 0.000000439. The molecule has 3 nitrogen and oxygen atoms in total. The molecule has 0 aliphatic carbocycles. The van der Waals surface area contributed by atoms with E-state index < -0.39 is 0 Å². The average Bonchev–Trinajstić information content (AvgIpc) is 2.90. The summed E-state index contributed by atoms with van der Waals surface area (Å²) >= 11 is 0. The van der Waals surface area contributed by atoms with Gasteiger partial charge >= 0.3 is 0 Å². The second-order valence-corrected chi connectivity index (χ2v) is 5.64. The summed E-state index contributed by atoms with van der Waals surface area (Å²) < 4.78 is 1.86. The van der Waals surface area contributed by atoms with Gasteiger partial charge in [-0.2, -0.15) is 0 Å². The van der Waals surface area contributed by atoms with Crippen LogP contribution in [0.15, 0.2) is 60.8 Å². The van der Waals surface area contributed by atoms with Gasteiger partial charge in [-0.25, -0.2) is 4.98 Å². The van der Waals surface area contributed by atoms with Gasteiger partial charge in [0.15, 0.2) is 5.95 Å². The molecule has 24 heavy (non-hydrogen) atoms. The van der Waals surface area contributed by atoms with Gasteiger partial charge in [-0.1, -0.05) is 67.5 Å². The van der Waals surface area contributed by atoms with E-state index in [1.165, 1.54) is 11.1 Å². The molecule has 132 valence electrons. The van der Waals surface area contributed by atoms with Crippen LogP contribution in [-0.4, -0.2) is 9.55 Å². The minimum absolute atomic E-state index is 0.369. The van der Waals surface area contributed by atoms with Gasteiger partial charge < -0.3 is 10.3 Å². The fourth-order valence-corrected chi connectivity index (χ4v) is 2.20. The van der Waals surface area contributed by atoms with Crippen molar-refractivity contribution < 1.29 is 0 Å². The first kappa shape index (κ1) is 21.7. The van der Waals surface area contributed by atoms with Gasteiger partial charge in [0.1, 0.15) is 0 Å². The van der Waals surface area contributed by atoms with Crippen LogP contribution in [0.4, 0.5) is 5.95 Å². The van der Waals surface area contributed by atoms with E-state index in [1.54, 1.807) is 6.08 Å². The Bertz CT molecular complexity index is 590. The number of rotatable bonds is 3. The Hall–Kier alpha value is -2.29. The molecule has 0 spiro atoms. The molecular weight excluding hydrogens is 294 g/mol. The quantitative estimate of drug-likeness (QED) is 0.740. The van der Waals surface area contributed by atoms with Crippen molar-refractivity contribution in [2.75, 3.05) is 5.73 Å². The van der Waals surface area contributed by atoms with Crippen LogP contribution in [0.5, 0.6) is 0 Å². The first-order valence-electron chi connectivity index (χ1n) is 8.43. The van der Waals surface area contributed by atoms with Crippen LogP contribution >= 0.6 is 0 Å². The third-order valence-corrected chi connectivity index (χ3v) is 3.65. The number of hydrogen-bond acceptors (Lipinski definition) is 2. The highest BCUT2D eigenvalue weighted by atomic mass is 15.1. The van der Waals surface area contributed by atoms with Crippen LogP contribution in [0.3, 0.4) is 0 Å². The highest BCUT2D eigenvalue weighted by Crippen LogP contribution is 2.25. The Kier molecular flexibility index (Phi) is 11.0. The maximum atomic E-state index is 5.69. The molecule has 0 aliphatic rings. The number of nitrogen functional groups attached to an aromatic ring is 1. The zero-order valence-electron chi connectivity index (χ0n) is 16.1. The average molecular weight is 328 g/mol. The van der Waals surface area contributed by atoms with E-state index in [2.05, 4.69) is 57.5 Å². The Morgan fingerprint density at radius 1 is 1.29 bits per heavy atom.